The lowest BCUT2D eigenvalue weighted by Crippen LogP contribution is -2.41. The van der Waals surface area contributed by atoms with Gasteiger partial charge in [-0.3, -0.25) is 4.79 Å². The molecule has 0 radical (unpaired) electrons. The molecule has 1 N–H and O–H groups in total. The van der Waals surface area contributed by atoms with Crippen molar-refractivity contribution in [3.63, 3.8) is 0 Å². The fourth-order valence-corrected chi connectivity index (χ4v) is 4.77. The summed E-state index contributed by atoms with van der Waals surface area (Å²) in [6.45, 7) is 7.93. The number of benzene rings is 1. The molecule has 0 saturated heterocycles. The van der Waals surface area contributed by atoms with Gasteiger partial charge < -0.3 is 28.6 Å². The lowest BCUT2D eigenvalue weighted by Gasteiger charge is -2.39. The maximum absolute atomic E-state index is 12.6. The second-order valence-electron chi connectivity index (χ2n) is 10.1. The van der Waals surface area contributed by atoms with E-state index >= 15 is 0 Å². The van der Waals surface area contributed by atoms with Crippen molar-refractivity contribution in [2.45, 2.75) is 33.2 Å². The van der Waals surface area contributed by atoms with Crippen LogP contribution in [0.4, 0.5) is 0 Å². The quantitative estimate of drug-likeness (QED) is 0.735. The van der Waals surface area contributed by atoms with Crippen LogP contribution in [0.3, 0.4) is 0 Å². The molecule has 0 aliphatic carbocycles. The van der Waals surface area contributed by atoms with Crippen LogP contribution in [0.25, 0.3) is 11.3 Å². The van der Waals surface area contributed by atoms with Gasteiger partial charge in [0.15, 0.2) is 16.9 Å². The van der Waals surface area contributed by atoms with E-state index in [-0.39, 0.29) is 17.0 Å². The maximum atomic E-state index is 12.6. The number of carbonyl (C=O) groups is 1. The van der Waals surface area contributed by atoms with E-state index in [9.17, 15) is 14.7 Å². The van der Waals surface area contributed by atoms with Crippen LogP contribution in [-0.4, -0.2) is 56.3 Å². The fraction of sp³-hybridized carbons (Fsp3) is 0.520. The highest BCUT2D eigenvalue weighted by Gasteiger charge is 2.38. The van der Waals surface area contributed by atoms with E-state index in [0.29, 0.717) is 50.0 Å². The number of aromatic nitrogens is 1. The van der Waals surface area contributed by atoms with E-state index in [0.717, 1.165) is 11.1 Å². The van der Waals surface area contributed by atoms with Crippen molar-refractivity contribution in [2.24, 2.45) is 10.8 Å². The van der Waals surface area contributed by atoms with Crippen LogP contribution >= 0.6 is 0 Å². The average Bonchev–Trinajstić information content (AvgIpc) is 2.91. The molecule has 8 heteroatoms. The Morgan fingerprint density at radius 3 is 2.27 bits per heavy atom. The third kappa shape index (κ3) is 4.25. The predicted octanol–water partition coefficient (Wildman–Crippen LogP) is 3.41. The summed E-state index contributed by atoms with van der Waals surface area (Å²) in [7, 11) is 3.28. The maximum Gasteiger partial charge on any atom is 0.341 e. The summed E-state index contributed by atoms with van der Waals surface area (Å²) in [4.78, 5) is 24.2. The van der Waals surface area contributed by atoms with Gasteiger partial charge in [0.05, 0.1) is 24.3 Å². The van der Waals surface area contributed by atoms with Crippen LogP contribution in [0.5, 0.6) is 11.5 Å². The van der Waals surface area contributed by atoms with Crippen LogP contribution < -0.4 is 14.9 Å². The highest BCUT2D eigenvalue weighted by atomic mass is 16.5. The lowest BCUT2D eigenvalue weighted by atomic mass is 9.78. The van der Waals surface area contributed by atoms with Crippen molar-refractivity contribution < 1.29 is 28.8 Å². The minimum Gasteiger partial charge on any atom is -0.489 e. The van der Waals surface area contributed by atoms with Crippen molar-refractivity contribution in [3.8, 4) is 22.8 Å². The normalized spacial score (nSPS) is 18.8. The summed E-state index contributed by atoms with van der Waals surface area (Å²) in [6, 6.07) is 5.26. The monoisotopic (exact) mass is 457 g/mol. The molecule has 0 bridgehead atoms. The smallest absolute Gasteiger partial charge is 0.341 e. The molecule has 0 fully saturated rings. The van der Waals surface area contributed by atoms with Gasteiger partial charge in [-0.1, -0.05) is 20.8 Å². The zero-order valence-electron chi connectivity index (χ0n) is 19.8. The Morgan fingerprint density at radius 2 is 1.73 bits per heavy atom. The molecule has 1 aromatic carbocycles. The van der Waals surface area contributed by atoms with Crippen molar-refractivity contribution in [1.29, 1.82) is 0 Å². The van der Waals surface area contributed by atoms with Gasteiger partial charge in [-0.15, -0.1) is 0 Å². The molecule has 0 amide bonds. The Balaban J connectivity index is 1.83. The molecule has 2 aromatic rings. The van der Waals surface area contributed by atoms with Crippen LogP contribution in [0.15, 0.2) is 29.2 Å². The molecular formula is C25H31NO7. The van der Waals surface area contributed by atoms with E-state index in [1.165, 1.54) is 12.3 Å². The topological polar surface area (TPSA) is 96.2 Å². The zero-order valence-corrected chi connectivity index (χ0v) is 19.8. The molecule has 0 spiro atoms. The molecule has 178 valence electrons. The summed E-state index contributed by atoms with van der Waals surface area (Å²) in [6.07, 6.45) is 2.15. The van der Waals surface area contributed by atoms with Gasteiger partial charge in [0, 0.05) is 38.1 Å². The van der Waals surface area contributed by atoms with Crippen LogP contribution in [0.2, 0.25) is 0 Å². The first kappa shape index (κ1) is 23.3. The number of rotatable bonds is 5. The first-order valence-electron chi connectivity index (χ1n) is 11.0. The molecule has 2 aliphatic rings. The van der Waals surface area contributed by atoms with Gasteiger partial charge in [-0.05, 0) is 29.5 Å². The Kier molecular flexibility index (Phi) is 6.01. The molecule has 1 unspecified atom stereocenters. The minimum atomic E-state index is -1.22. The number of carboxylic acid groups (broad SMARTS) is 1. The number of fused-ring (bicyclic) bond motifs is 4. The van der Waals surface area contributed by atoms with Gasteiger partial charge in [-0.25, -0.2) is 4.79 Å². The van der Waals surface area contributed by atoms with Gasteiger partial charge in [-0.2, -0.15) is 0 Å². The molecule has 8 nitrogen and oxygen atoms in total. The fourth-order valence-electron chi connectivity index (χ4n) is 4.77. The summed E-state index contributed by atoms with van der Waals surface area (Å²) in [5.41, 5.74) is 1.20. The molecule has 3 heterocycles. The first-order chi connectivity index (χ1) is 15.6. The second-order valence-corrected chi connectivity index (χ2v) is 10.1. The number of nitrogens with zero attached hydrogens (tertiary/aromatic N) is 1. The number of methoxy groups -OCH3 is 2. The third-order valence-electron chi connectivity index (χ3n) is 6.47. The van der Waals surface area contributed by atoms with Gasteiger partial charge >= 0.3 is 5.97 Å². The Labute approximate surface area is 193 Å². The molecule has 4 rings (SSSR count). The average molecular weight is 458 g/mol. The van der Waals surface area contributed by atoms with Gasteiger partial charge in [0.2, 0.25) is 0 Å². The highest BCUT2D eigenvalue weighted by molar-refractivity contribution is 5.88. The van der Waals surface area contributed by atoms with Crippen LogP contribution in [0, 0.1) is 10.8 Å². The van der Waals surface area contributed by atoms with E-state index in [1.54, 1.807) is 14.2 Å². The number of hydrogen-bond donors (Lipinski definition) is 1. The molecule has 1 aromatic heterocycles. The molecular weight excluding hydrogens is 426 g/mol. The summed E-state index contributed by atoms with van der Waals surface area (Å²) in [5.74, 6) is 0.00633. The van der Waals surface area contributed by atoms with Crippen LogP contribution in [-0.2, 0) is 15.9 Å². The Bertz CT molecular complexity index is 1120. The largest absolute Gasteiger partial charge is 0.489 e. The van der Waals surface area contributed by atoms with E-state index in [1.807, 2.05) is 16.7 Å². The van der Waals surface area contributed by atoms with Crippen molar-refractivity contribution in [1.82, 2.24) is 4.57 Å². The number of hydrogen-bond acceptors (Lipinski definition) is 6. The van der Waals surface area contributed by atoms with E-state index < -0.39 is 16.8 Å². The van der Waals surface area contributed by atoms with Gasteiger partial charge in [0.25, 0.3) is 0 Å². The molecule has 2 aliphatic heterocycles. The number of carboxylic acids is 1. The van der Waals surface area contributed by atoms with Crippen molar-refractivity contribution >= 4 is 5.97 Å². The molecule has 1 atom stereocenters. The number of ether oxygens (including phenoxy) is 4. The predicted molar refractivity (Wildman–Crippen MR) is 122 cm³/mol. The third-order valence-corrected chi connectivity index (χ3v) is 6.47. The summed E-state index contributed by atoms with van der Waals surface area (Å²) < 4.78 is 25.1. The summed E-state index contributed by atoms with van der Waals surface area (Å²) in [5, 5.41) is 9.51. The first-order valence-corrected chi connectivity index (χ1v) is 11.0. The summed E-state index contributed by atoms with van der Waals surface area (Å²) >= 11 is 0. The van der Waals surface area contributed by atoms with Crippen LogP contribution in [0.1, 0.15) is 42.7 Å². The van der Waals surface area contributed by atoms with Gasteiger partial charge in [0.1, 0.15) is 18.8 Å². The zero-order chi connectivity index (χ0) is 24.0. The Hall–Kier alpha value is -2.84. The number of pyridine rings is 1. The Morgan fingerprint density at radius 1 is 1.12 bits per heavy atom. The minimum absolute atomic E-state index is 0.0375. The van der Waals surface area contributed by atoms with Crippen molar-refractivity contribution in [2.75, 3.05) is 40.6 Å². The highest BCUT2D eigenvalue weighted by Crippen LogP contribution is 2.46. The van der Waals surface area contributed by atoms with Crippen molar-refractivity contribution in [3.05, 3.63) is 45.7 Å². The van der Waals surface area contributed by atoms with E-state index in [2.05, 4.69) is 20.8 Å². The second kappa shape index (κ2) is 8.50. The van der Waals surface area contributed by atoms with E-state index in [4.69, 9.17) is 18.9 Å². The number of aromatic carboxylic acids is 1. The molecule has 33 heavy (non-hydrogen) atoms. The SMILES string of the molecule is COCC1(COC)COc2cc3c(cc2OC1)-c1cc(=O)c(C(=O)O)cn1C(C(C)(C)C)C3. The molecule has 0 saturated carbocycles. The lowest BCUT2D eigenvalue weighted by molar-refractivity contribution is -0.0360. The standard InChI is InChI=1S/C25H31NO7/c1-24(2,3)22-7-15-6-20-21(33-14-25(11-30-4,12-31-5)13-32-20)8-16(15)18-9-19(27)17(23(28)29)10-26(18)22/h6,8-10,22H,7,11-14H2,1-5H3,(H,28,29).